The number of carbonyl (C=O) groups is 3. The van der Waals surface area contributed by atoms with Crippen molar-refractivity contribution in [3.8, 4) is 0 Å². The molecule has 0 saturated heterocycles. The number of allylic oxidation sites excluding steroid dienone is 1. The molecule has 6 nitrogen and oxygen atoms in total. The van der Waals surface area contributed by atoms with E-state index in [4.69, 9.17) is 5.21 Å². The minimum absolute atomic E-state index is 0.0400. The summed E-state index contributed by atoms with van der Waals surface area (Å²) in [6.45, 7) is 7.61. The molecule has 1 rings (SSSR count). The highest BCUT2D eigenvalue weighted by Gasteiger charge is 2.35. The summed E-state index contributed by atoms with van der Waals surface area (Å²) in [6, 6.07) is 9.53. The molecule has 154 valence electrons. The molecule has 0 aliphatic heterocycles. The molecule has 0 aromatic heterocycles. The van der Waals surface area contributed by atoms with Gasteiger partial charge < -0.3 is 5.32 Å². The normalized spacial score (nSPS) is 14.0. The van der Waals surface area contributed by atoms with Crippen molar-refractivity contribution in [3.63, 3.8) is 0 Å². The fraction of sp³-hybridized carbons (Fsp3) is 0.500. The first kappa shape index (κ1) is 23.6. The minimum atomic E-state index is -0.709. The van der Waals surface area contributed by atoms with Crippen LogP contribution in [0.25, 0.3) is 0 Å². The molecule has 0 fully saturated rings. The van der Waals surface area contributed by atoms with Gasteiger partial charge in [0, 0.05) is 25.3 Å². The third-order valence-electron chi connectivity index (χ3n) is 4.88. The maximum atomic E-state index is 13.2. The van der Waals surface area contributed by atoms with Crippen LogP contribution in [0.15, 0.2) is 43.0 Å². The second-order valence-corrected chi connectivity index (χ2v) is 7.51. The molecule has 2 amide bonds. The maximum Gasteiger partial charge on any atom is 0.247 e. The molecule has 28 heavy (non-hydrogen) atoms. The average Bonchev–Trinajstić information content (AvgIpc) is 2.69. The van der Waals surface area contributed by atoms with E-state index in [0.717, 1.165) is 5.56 Å². The lowest BCUT2D eigenvalue weighted by Gasteiger charge is -2.26. The zero-order valence-corrected chi connectivity index (χ0v) is 17.0. The van der Waals surface area contributed by atoms with Crippen LogP contribution in [-0.4, -0.2) is 29.9 Å². The molecular formula is C22H32N2O4. The van der Waals surface area contributed by atoms with Crippen molar-refractivity contribution in [1.29, 1.82) is 0 Å². The lowest BCUT2D eigenvalue weighted by molar-refractivity contribution is -0.140. The molecule has 0 spiro atoms. The molecule has 3 N–H and O–H groups in total. The van der Waals surface area contributed by atoms with E-state index in [0.29, 0.717) is 12.8 Å². The Morgan fingerprint density at radius 3 is 2.25 bits per heavy atom. The van der Waals surface area contributed by atoms with Gasteiger partial charge in [-0.1, -0.05) is 50.3 Å². The largest absolute Gasteiger partial charge is 0.359 e. The van der Waals surface area contributed by atoms with Crippen LogP contribution in [0.5, 0.6) is 0 Å². The fourth-order valence-electron chi connectivity index (χ4n) is 3.50. The fourth-order valence-corrected chi connectivity index (χ4v) is 3.50. The third-order valence-corrected chi connectivity index (χ3v) is 4.88. The van der Waals surface area contributed by atoms with Crippen LogP contribution >= 0.6 is 0 Å². The zero-order valence-electron chi connectivity index (χ0n) is 17.0. The van der Waals surface area contributed by atoms with E-state index in [1.54, 1.807) is 18.6 Å². The van der Waals surface area contributed by atoms with Gasteiger partial charge in [0.2, 0.25) is 11.8 Å². The van der Waals surface area contributed by atoms with Gasteiger partial charge in [0.25, 0.3) is 0 Å². The number of amides is 2. The van der Waals surface area contributed by atoms with Crippen LogP contribution in [-0.2, 0) is 20.8 Å². The van der Waals surface area contributed by atoms with Crippen molar-refractivity contribution in [3.05, 3.63) is 48.6 Å². The molecule has 0 aliphatic rings. The molecule has 0 bridgehead atoms. The number of rotatable bonds is 12. The van der Waals surface area contributed by atoms with E-state index in [1.807, 2.05) is 44.2 Å². The van der Waals surface area contributed by atoms with Gasteiger partial charge in [0.05, 0.1) is 5.92 Å². The summed E-state index contributed by atoms with van der Waals surface area (Å²) in [4.78, 5) is 37.7. The molecule has 6 heteroatoms. The average molecular weight is 389 g/mol. The van der Waals surface area contributed by atoms with Gasteiger partial charge in [-0.2, -0.15) is 0 Å². The van der Waals surface area contributed by atoms with Crippen molar-refractivity contribution in [2.45, 2.75) is 39.5 Å². The first-order chi connectivity index (χ1) is 13.3. The third kappa shape index (κ3) is 7.27. The molecule has 1 aromatic rings. The highest BCUT2D eigenvalue weighted by atomic mass is 16.5. The molecular weight excluding hydrogens is 356 g/mol. The van der Waals surface area contributed by atoms with Gasteiger partial charge in [0.1, 0.15) is 5.78 Å². The number of benzene rings is 1. The lowest BCUT2D eigenvalue weighted by atomic mass is 9.77. The van der Waals surface area contributed by atoms with Crippen LogP contribution in [0.2, 0.25) is 0 Å². The number of hydrogen-bond donors (Lipinski definition) is 3. The van der Waals surface area contributed by atoms with Crippen LogP contribution in [0.4, 0.5) is 0 Å². The van der Waals surface area contributed by atoms with Gasteiger partial charge in [-0.3, -0.25) is 19.6 Å². The number of ketones is 1. The zero-order chi connectivity index (χ0) is 21.1. The van der Waals surface area contributed by atoms with Crippen molar-refractivity contribution in [2.75, 3.05) is 7.05 Å². The maximum absolute atomic E-state index is 13.2. The van der Waals surface area contributed by atoms with Crippen LogP contribution in [0.1, 0.15) is 38.7 Å². The van der Waals surface area contributed by atoms with E-state index in [1.165, 1.54) is 0 Å². The topological polar surface area (TPSA) is 95.5 Å². The van der Waals surface area contributed by atoms with E-state index < -0.39 is 23.7 Å². The second kappa shape index (κ2) is 12.1. The predicted molar refractivity (Wildman–Crippen MR) is 109 cm³/mol. The number of carbonyl (C=O) groups excluding carboxylic acids is 3. The van der Waals surface area contributed by atoms with E-state index in [9.17, 15) is 14.4 Å². The molecule has 1 aromatic carbocycles. The Balaban J connectivity index is 3.07. The summed E-state index contributed by atoms with van der Waals surface area (Å²) < 4.78 is 0. The van der Waals surface area contributed by atoms with Crippen molar-refractivity contribution < 1.29 is 19.6 Å². The molecule has 0 aliphatic carbocycles. The van der Waals surface area contributed by atoms with Gasteiger partial charge in [-0.25, -0.2) is 5.48 Å². The Hall–Kier alpha value is -2.47. The number of hydroxylamine groups is 1. The van der Waals surface area contributed by atoms with Crippen LogP contribution in [0, 0.1) is 23.7 Å². The quantitative estimate of drug-likeness (QED) is 0.291. The van der Waals surface area contributed by atoms with Gasteiger partial charge in [-0.05, 0) is 30.7 Å². The van der Waals surface area contributed by atoms with Crippen LogP contribution in [0.3, 0.4) is 0 Å². The first-order valence-corrected chi connectivity index (χ1v) is 9.67. The van der Waals surface area contributed by atoms with Gasteiger partial charge in [-0.15, -0.1) is 6.58 Å². The number of hydrogen-bond acceptors (Lipinski definition) is 4. The van der Waals surface area contributed by atoms with Crippen molar-refractivity contribution in [1.82, 2.24) is 10.8 Å². The highest BCUT2D eigenvalue weighted by molar-refractivity contribution is 5.91. The Morgan fingerprint density at radius 1 is 1.11 bits per heavy atom. The number of Topliss-reactive ketones (excluding diaryl/α,β-unsaturated/α-hetero) is 1. The van der Waals surface area contributed by atoms with E-state index in [-0.39, 0.29) is 30.4 Å². The summed E-state index contributed by atoms with van der Waals surface area (Å²) in [7, 11) is 1.55. The van der Waals surface area contributed by atoms with Crippen LogP contribution < -0.4 is 10.8 Å². The highest BCUT2D eigenvalue weighted by Crippen LogP contribution is 2.28. The molecule has 0 unspecified atom stereocenters. The van der Waals surface area contributed by atoms with E-state index >= 15 is 0 Å². The molecule has 0 saturated carbocycles. The second-order valence-electron chi connectivity index (χ2n) is 7.51. The summed E-state index contributed by atoms with van der Waals surface area (Å²) in [5.74, 6) is -2.58. The Labute approximate surface area is 167 Å². The molecule has 3 atom stereocenters. The Bertz CT molecular complexity index is 658. The monoisotopic (exact) mass is 388 g/mol. The van der Waals surface area contributed by atoms with Gasteiger partial charge in [0.15, 0.2) is 0 Å². The summed E-state index contributed by atoms with van der Waals surface area (Å²) in [5, 5.41) is 11.7. The Kier molecular flexibility index (Phi) is 10.2. The van der Waals surface area contributed by atoms with E-state index in [2.05, 4.69) is 11.9 Å². The minimum Gasteiger partial charge on any atom is -0.359 e. The summed E-state index contributed by atoms with van der Waals surface area (Å²) in [6.07, 6.45) is 2.83. The lowest BCUT2D eigenvalue weighted by Crippen LogP contribution is -2.39. The molecule has 0 heterocycles. The summed E-state index contributed by atoms with van der Waals surface area (Å²) in [5.41, 5.74) is 2.64. The van der Waals surface area contributed by atoms with Gasteiger partial charge >= 0.3 is 0 Å². The number of nitrogens with one attached hydrogen (secondary N) is 2. The first-order valence-electron chi connectivity index (χ1n) is 9.67. The standard InChI is InChI=1S/C22H32N2O4/c1-5-9-18(22(27)24-28)19(12-15(2)3)20(25)14-17(21(26)23-4)13-16-10-7-6-8-11-16/h5-8,10-11,15,17-19,28H,1,9,12-14H2,2-4H3,(H,23,26)(H,24,27)/t17-,18+,19-/m1/s1. The predicted octanol–water partition coefficient (Wildman–Crippen LogP) is 2.91. The summed E-state index contributed by atoms with van der Waals surface area (Å²) >= 11 is 0. The van der Waals surface area contributed by atoms with Crippen molar-refractivity contribution >= 4 is 17.6 Å². The SMILES string of the molecule is C=CC[C@H](C(=O)NO)[C@@H](CC(C)C)C(=O)C[C@@H](Cc1ccccc1)C(=O)NC. The molecule has 0 radical (unpaired) electrons. The smallest absolute Gasteiger partial charge is 0.247 e. The Morgan fingerprint density at radius 2 is 1.75 bits per heavy atom. The van der Waals surface area contributed by atoms with Crippen molar-refractivity contribution in [2.24, 2.45) is 23.7 Å².